The van der Waals surface area contributed by atoms with Crippen molar-refractivity contribution in [2.24, 2.45) is 5.92 Å². The highest BCUT2D eigenvalue weighted by Crippen LogP contribution is 2.18. The number of carbonyl (C=O) groups is 1. The Morgan fingerprint density at radius 2 is 2.05 bits per heavy atom. The van der Waals surface area contributed by atoms with Crippen molar-refractivity contribution in [1.29, 1.82) is 0 Å². The Morgan fingerprint density at radius 3 is 2.47 bits per heavy atom. The lowest BCUT2D eigenvalue weighted by atomic mass is 10.0. The Bertz CT molecular complexity index is 334. The number of hydrogen-bond donors (Lipinski definition) is 1. The molecule has 0 unspecified atom stereocenters. The molecule has 0 saturated carbocycles. The Balaban J connectivity index is 2.62. The third-order valence-electron chi connectivity index (χ3n) is 2.67. The molecule has 0 aromatic heterocycles. The Hall–Kier alpha value is -0.490. The molecule has 1 aliphatic heterocycles. The molecular weight excluding hydrogens is 280 g/mol. The maximum atomic E-state index is 11.9. The molecule has 0 radical (unpaired) electrons. The van der Waals surface area contributed by atoms with E-state index < -0.39 is 11.7 Å². The van der Waals surface area contributed by atoms with E-state index in [2.05, 4.69) is 24.1 Å². The third kappa shape index (κ3) is 5.57. The number of carbonyl (C=O) groups excluding carboxylic acids is 1. The number of alkyl carbamates (subject to hydrolysis) is 1. The van der Waals surface area contributed by atoms with Gasteiger partial charge in [0.2, 0.25) is 0 Å². The normalized spacial score (nSPS) is 17.5. The van der Waals surface area contributed by atoms with Gasteiger partial charge in [0.05, 0.1) is 11.9 Å². The number of thiocarbonyl (C=S) groups is 1. The van der Waals surface area contributed by atoms with Gasteiger partial charge in [-0.05, 0) is 26.7 Å². The maximum Gasteiger partial charge on any atom is 0.408 e. The highest BCUT2D eigenvalue weighted by Gasteiger charge is 2.28. The van der Waals surface area contributed by atoms with Crippen molar-refractivity contribution in [3.8, 4) is 0 Å². The van der Waals surface area contributed by atoms with Gasteiger partial charge in [-0.2, -0.15) is 0 Å². The molecule has 0 aromatic rings. The Morgan fingerprint density at radius 1 is 1.42 bits per heavy atom. The summed E-state index contributed by atoms with van der Waals surface area (Å²) < 4.78 is 5.30. The van der Waals surface area contributed by atoms with Crippen LogP contribution in [0.5, 0.6) is 0 Å². The van der Waals surface area contributed by atoms with Crippen molar-refractivity contribution in [2.45, 2.75) is 46.3 Å². The van der Waals surface area contributed by atoms with Crippen LogP contribution in [0.25, 0.3) is 0 Å². The topological polar surface area (TPSA) is 41.6 Å². The van der Waals surface area contributed by atoms with E-state index in [0.717, 1.165) is 23.2 Å². The van der Waals surface area contributed by atoms with E-state index in [-0.39, 0.29) is 12.0 Å². The summed E-state index contributed by atoms with van der Waals surface area (Å²) in [6.45, 7) is 10.6. The minimum Gasteiger partial charge on any atom is -0.444 e. The highest BCUT2D eigenvalue weighted by atomic mass is 32.2. The summed E-state index contributed by atoms with van der Waals surface area (Å²) in [5, 5.41) is 2.90. The minimum atomic E-state index is -0.489. The second-order valence-electron chi connectivity index (χ2n) is 6.01. The van der Waals surface area contributed by atoms with Crippen LogP contribution in [0.3, 0.4) is 0 Å². The van der Waals surface area contributed by atoms with E-state index in [0.29, 0.717) is 0 Å². The second kappa shape index (κ2) is 6.79. The molecule has 0 bridgehead atoms. The van der Waals surface area contributed by atoms with Crippen molar-refractivity contribution in [3.63, 3.8) is 0 Å². The first kappa shape index (κ1) is 16.6. The van der Waals surface area contributed by atoms with Crippen molar-refractivity contribution in [1.82, 2.24) is 10.2 Å². The largest absolute Gasteiger partial charge is 0.444 e. The fourth-order valence-electron chi connectivity index (χ4n) is 1.73. The zero-order valence-electron chi connectivity index (χ0n) is 12.4. The summed E-state index contributed by atoms with van der Waals surface area (Å²) >= 11 is 7.38. The molecule has 0 aromatic carbocycles. The lowest BCUT2D eigenvalue weighted by Gasteiger charge is -2.30. The van der Waals surface area contributed by atoms with Gasteiger partial charge in [0.15, 0.2) is 0 Å². The molecule has 1 aliphatic rings. The van der Waals surface area contributed by atoms with Crippen molar-refractivity contribution >= 4 is 35.1 Å². The van der Waals surface area contributed by atoms with Gasteiger partial charge in [0, 0.05) is 12.3 Å². The third-order valence-corrected chi connectivity index (χ3v) is 4.15. The standard InChI is InChI=1S/C13H24N2O2S2/c1-9(2)10(11(18)15-6-7-19-8-15)14-12(16)17-13(3,4)5/h9-10H,6-8H2,1-5H3,(H,14,16)/t10-/m0/s1. The van der Waals surface area contributed by atoms with E-state index >= 15 is 0 Å². The molecule has 0 aliphatic carbocycles. The zero-order valence-corrected chi connectivity index (χ0v) is 14.0. The number of hydrogen-bond acceptors (Lipinski definition) is 4. The van der Waals surface area contributed by atoms with Crippen LogP contribution in [-0.2, 0) is 4.74 Å². The van der Waals surface area contributed by atoms with Crippen molar-refractivity contribution < 1.29 is 9.53 Å². The van der Waals surface area contributed by atoms with E-state index in [9.17, 15) is 4.79 Å². The lowest BCUT2D eigenvalue weighted by molar-refractivity contribution is 0.0507. The van der Waals surface area contributed by atoms with Gasteiger partial charge in [-0.1, -0.05) is 26.1 Å². The van der Waals surface area contributed by atoms with E-state index in [4.69, 9.17) is 17.0 Å². The second-order valence-corrected chi connectivity index (χ2v) is 7.50. The monoisotopic (exact) mass is 304 g/mol. The molecule has 1 fully saturated rings. The van der Waals surface area contributed by atoms with Crippen LogP contribution in [0.4, 0.5) is 4.79 Å². The quantitative estimate of drug-likeness (QED) is 0.812. The van der Waals surface area contributed by atoms with Gasteiger partial charge < -0.3 is 15.0 Å². The fraction of sp³-hybridized carbons (Fsp3) is 0.846. The molecule has 1 amide bonds. The fourth-order valence-corrected chi connectivity index (χ4v) is 3.27. The van der Waals surface area contributed by atoms with Gasteiger partial charge >= 0.3 is 6.09 Å². The SMILES string of the molecule is CC(C)[C@H](NC(=O)OC(C)(C)C)C(=S)N1CCSC1. The summed E-state index contributed by atoms with van der Waals surface area (Å²) in [6, 6.07) is -0.149. The van der Waals surface area contributed by atoms with E-state index in [1.165, 1.54) is 0 Å². The van der Waals surface area contributed by atoms with Crippen LogP contribution >= 0.6 is 24.0 Å². The predicted octanol–water partition coefficient (Wildman–Crippen LogP) is 2.87. The Labute approximate surface area is 125 Å². The van der Waals surface area contributed by atoms with Crippen LogP contribution in [-0.4, -0.2) is 45.8 Å². The van der Waals surface area contributed by atoms with E-state index in [1.807, 2.05) is 32.5 Å². The van der Waals surface area contributed by atoms with Crippen LogP contribution in [0.2, 0.25) is 0 Å². The molecule has 4 nitrogen and oxygen atoms in total. The summed E-state index contributed by atoms with van der Waals surface area (Å²) in [4.78, 5) is 14.8. The molecule has 0 spiro atoms. The summed E-state index contributed by atoms with van der Waals surface area (Å²) in [7, 11) is 0. The number of rotatable bonds is 3. The lowest BCUT2D eigenvalue weighted by Crippen LogP contribution is -2.50. The van der Waals surface area contributed by atoms with Gasteiger partial charge in [-0.3, -0.25) is 0 Å². The summed E-state index contributed by atoms with van der Waals surface area (Å²) in [5.74, 6) is 2.25. The van der Waals surface area contributed by atoms with Gasteiger partial charge in [-0.25, -0.2) is 4.79 Å². The van der Waals surface area contributed by atoms with Crippen LogP contribution in [0.15, 0.2) is 0 Å². The minimum absolute atomic E-state index is 0.149. The molecule has 1 saturated heterocycles. The first-order valence-corrected chi connectivity index (χ1v) is 8.13. The number of nitrogens with one attached hydrogen (secondary N) is 1. The molecule has 1 rings (SSSR count). The van der Waals surface area contributed by atoms with Gasteiger partial charge in [0.25, 0.3) is 0 Å². The molecular formula is C13H24N2O2S2. The summed E-state index contributed by atoms with van der Waals surface area (Å²) in [6.07, 6.45) is -0.402. The van der Waals surface area contributed by atoms with Crippen LogP contribution in [0.1, 0.15) is 34.6 Å². The smallest absolute Gasteiger partial charge is 0.408 e. The maximum absolute atomic E-state index is 11.9. The first-order valence-electron chi connectivity index (χ1n) is 6.57. The highest BCUT2D eigenvalue weighted by molar-refractivity contribution is 7.99. The number of ether oxygens (including phenoxy) is 1. The first-order chi connectivity index (χ1) is 8.70. The molecule has 6 heteroatoms. The van der Waals surface area contributed by atoms with Gasteiger partial charge in [-0.15, -0.1) is 11.8 Å². The average molecular weight is 304 g/mol. The zero-order chi connectivity index (χ0) is 14.6. The number of nitrogens with zero attached hydrogens (tertiary/aromatic N) is 1. The molecule has 19 heavy (non-hydrogen) atoms. The average Bonchev–Trinajstić information content (AvgIpc) is 2.75. The van der Waals surface area contributed by atoms with Crippen LogP contribution < -0.4 is 5.32 Å². The summed E-state index contributed by atoms with van der Waals surface area (Å²) in [5.41, 5.74) is -0.489. The van der Waals surface area contributed by atoms with E-state index in [1.54, 1.807) is 0 Å². The number of thioether (sulfide) groups is 1. The predicted molar refractivity (Wildman–Crippen MR) is 84.6 cm³/mol. The molecule has 1 heterocycles. The van der Waals surface area contributed by atoms with Gasteiger partial charge in [0.1, 0.15) is 10.6 Å². The number of amides is 1. The Kier molecular flexibility index (Phi) is 5.92. The molecule has 1 N–H and O–H groups in total. The van der Waals surface area contributed by atoms with Crippen LogP contribution in [0, 0.1) is 5.92 Å². The van der Waals surface area contributed by atoms with Crippen molar-refractivity contribution in [3.05, 3.63) is 0 Å². The molecule has 110 valence electrons. The van der Waals surface area contributed by atoms with Crippen molar-refractivity contribution in [2.75, 3.05) is 18.2 Å². The molecule has 1 atom stereocenters.